The maximum atomic E-state index is 5.58. The summed E-state index contributed by atoms with van der Waals surface area (Å²) >= 11 is 0. The van der Waals surface area contributed by atoms with Gasteiger partial charge in [-0.25, -0.2) is 0 Å². The Balaban J connectivity index is 1.90. The summed E-state index contributed by atoms with van der Waals surface area (Å²) < 4.78 is 16.0. The zero-order valence-corrected chi connectivity index (χ0v) is 12.7. The molecule has 2 heterocycles. The number of benzene rings is 2. The molecule has 0 atom stereocenters. The van der Waals surface area contributed by atoms with Gasteiger partial charge in [0.1, 0.15) is 17.0 Å². The zero-order valence-electron chi connectivity index (χ0n) is 12.7. The average molecular weight is 306 g/mol. The van der Waals surface area contributed by atoms with E-state index in [1.807, 2.05) is 42.5 Å². The molecule has 5 nitrogen and oxygen atoms in total. The van der Waals surface area contributed by atoms with Gasteiger partial charge in [0.15, 0.2) is 5.76 Å². The minimum atomic E-state index is 0.702. The quantitative estimate of drug-likeness (QED) is 0.571. The summed E-state index contributed by atoms with van der Waals surface area (Å²) in [6.45, 7) is 0. The van der Waals surface area contributed by atoms with Crippen LogP contribution in [0.1, 0.15) is 0 Å². The number of fused-ring (bicyclic) bond motifs is 3. The van der Waals surface area contributed by atoms with Crippen LogP contribution in [0.15, 0.2) is 53.2 Å². The van der Waals surface area contributed by atoms with E-state index in [0.717, 1.165) is 38.9 Å². The largest absolute Gasteiger partial charge is 0.497 e. The highest BCUT2D eigenvalue weighted by molar-refractivity contribution is 6.07. The van der Waals surface area contributed by atoms with E-state index in [-0.39, 0.29) is 0 Å². The van der Waals surface area contributed by atoms with Gasteiger partial charge in [-0.3, -0.25) is 4.98 Å². The summed E-state index contributed by atoms with van der Waals surface area (Å²) in [6, 6.07) is 13.4. The van der Waals surface area contributed by atoms with Crippen LogP contribution >= 0.6 is 0 Å². The average Bonchev–Trinajstić information content (AvgIpc) is 3.05. The Hall–Kier alpha value is -3.08. The van der Waals surface area contributed by atoms with Gasteiger partial charge in [-0.15, -0.1) is 0 Å². The predicted octanol–water partition coefficient (Wildman–Crippen LogP) is 4.06. The van der Waals surface area contributed by atoms with Crippen LogP contribution in [0.2, 0.25) is 0 Å². The van der Waals surface area contributed by atoms with Gasteiger partial charge in [-0.1, -0.05) is 5.16 Å². The number of ether oxygens (including phenoxy) is 2. The van der Waals surface area contributed by atoms with Crippen LogP contribution in [0, 0.1) is 0 Å². The molecule has 0 saturated carbocycles. The van der Waals surface area contributed by atoms with Crippen molar-refractivity contribution < 1.29 is 14.0 Å². The van der Waals surface area contributed by atoms with Crippen LogP contribution in [0.5, 0.6) is 11.5 Å². The van der Waals surface area contributed by atoms with Crippen LogP contribution in [-0.4, -0.2) is 24.4 Å². The van der Waals surface area contributed by atoms with Crippen molar-refractivity contribution in [3.63, 3.8) is 0 Å². The smallest absolute Gasteiger partial charge is 0.176 e. The molecule has 0 bridgehead atoms. The van der Waals surface area contributed by atoms with E-state index in [1.165, 1.54) is 0 Å². The highest BCUT2D eigenvalue weighted by atomic mass is 16.5. The van der Waals surface area contributed by atoms with E-state index in [4.69, 9.17) is 14.0 Å². The monoisotopic (exact) mass is 306 g/mol. The number of methoxy groups -OCH3 is 2. The fraction of sp³-hybridized carbons (Fsp3) is 0.111. The van der Waals surface area contributed by atoms with Crippen molar-refractivity contribution in [3.8, 4) is 22.8 Å². The number of rotatable bonds is 3. The Bertz CT molecular complexity index is 990. The zero-order chi connectivity index (χ0) is 15.8. The molecule has 4 aromatic rings. The first-order valence-electron chi connectivity index (χ1n) is 7.16. The molecule has 23 heavy (non-hydrogen) atoms. The Labute approximate surface area is 132 Å². The molecule has 0 spiro atoms. The molecule has 0 saturated heterocycles. The second kappa shape index (κ2) is 5.28. The van der Waals surface area contributed by atoms with Crippen LogP contribution in [-0.2, 0) is 0 Å². The number of aromatic nitrogens is 2. The second-order valence-corrected chi connectivity index (χ2v) is 5.14. The van der Waals surface area contributed by atoms with Gasteiger partial charge in [0.05, 0.1) is 25.1 Å². The lowest BCUT2D eigenvalue weighted by molar-refractivity contribution is 0.414. The minimum absolute atomic E-state index is 0.702. The van der Waals surface area contributed by atoms with E-state index in [2.05, 4.69) is 10.1 Å². The molecular formula is C18H14N2O3. The normalized spacial score (nSPS) is 11.0. The summed E-state index contributed by atoms with van der Waals surface area (Å²) in [7, 11) is 3.28. The lowest BCUT2D eigenvalue weighted by Crippen LogP contribution is -1.86. The molecular weight excluding hydrogens is 292 g/mol. The number of hydrogen-bond donors (Lipinski definition) is 0. The van der Waals surface area contributed by atoms with Crippen LogP contribution in [0.4, 0.5) is 0 Å². The van der Waals surface area contributed by atoms with Gasteiger partial charge in [0, 0.05) is 23.2 Å². The third kappa shape index (κ3) is 2.17. The van der Waals surface area contributed by atoms with Crippen molar-refractivity contribution >= 4 is 21.8 Å². The molecule has 0 aliphatic carbocycles. The molecule has 0 unspecified atom stereocenters. The topological polar surface area (TPSA) is 57.4 Å². The molecule has 2 aromatic carbocycles. The fourth-order valence-electron chi connectivity index (χ4n) is 2.64. The lowest BCUT2D eigenvalue weighted by atomic mass is 10.1. The summed E-state index contributed by atoms with van der Waals surface area (Å²) in [5.41, 5.74) is 2.55. The molecule has 114 valence electrons. The number of pyridine rings is 1. The third-order valence-electron chi connectivity index (χ3n) is 3.87. The van der Waals surface area contributed by atoms with Crippen molar-refractivity contribution in [1.82, 2.24) is 10.1 Å². The predicted molar refractivity (Wildman–Crippen MR) is 87.9 cm³/mol. The van der Waals surface area contributed by atoms with Gasteiger partial charge in [-0.2, -0.15) is 0 Å². The van der Waals surface area contributed by atoms with Gasteiger partial charge in [0.25, 0.3) is 0 Å². The first-order valence-corrected chi connectivity index (χ1v) is 7.16. The molecule has 2 aromatic heterocycles. The summed E-state index contributed by atoms with van der Waals surface area (Å²) in [5, 5.41) is 6.05. The van der Waals surface area contributed by atoms with Crippen molar-refractivity contribution in [2.75, 3.05) is 14.2 Å². The highest BCUT2D eigenvalue weighted by Gasteiger charge is 2.14. The van der Waals surface area contributed by atoms with Crippen molar-refractivity contribution in [2.45, 2.75) is 0 Å². The summed E-state index contributed by atoms with van der Waals surface area (Å²) in [4.78, 5) is 4.51. The Morgan fingerprint density at radius 3 is 2.35 bits per heavy atom. The van der Waals surface area contributed by atoms with Crippen molar-refractivity contribution in [2.24, 2.45) is 0 Å². The van der Waals surface area contributed by atoms with Crippen LogP contribution < -0.4 is 9.47 Å². The van der Waals surface area contributed by atoms with Gasteiger partial charge >= 0.3 is 0 Å². The maximum Gasteiger partial charge on any atom is 0.176 e. The Kier molecular flexibility index (Phi) is 3.12. The fourth-order valence-corrected chi connectivity index (χ4v) is 2.64. The van der Waals surface area contributed by atoms with E-state index in [9.17, 15) is 0 Å². The van der Waals surface area contributed by atoms with Gasteiger partial charge in [-0.05, 0) is 36.4 Å². The SMILES string of the molecule is COc1ccc(-c2onc3c2cnc2cc(OC)ccc23)cc1. The lowest BCUT2D eigenvalue weighted by Gasteiger charge is -2.02. The summed E-state index contributed by atoms with van der Waals surface area (Å²) in [5.74, 6) is 2.27. The van der Waals surface area contributed by atoms with E-state index < -0.39 is 0 Å². The summed E-state index contributed by atoms with van der Waals surface area (Å²) in [6.07, 6.45) is 1.78. The van der Waals surface area contributed by atoms with Gasteiger partial charge in [0.2, 0.25) is 0 Å². The van der Waals surface area contributed by atoms with E-state index in [1.54, 1.807) is 20.4 Å². The standard InChI is InChI=1S/C18H14N2O3/c1-21-12-5-3-11(4-6-12)18-15-10-19-16-9-13(22-2)7-8-14(16)17(15)20-23-18/h3-10H,1-2H3. The number of nitrogens with zero attached hydrogens (tertiary/aromatic N) is 2. The molecule has 4 rings (SSSR count). The molecule has 0 fully saturated rings. The molecule has 0 aliphatic heterocycles. The molecule has 5 heteroatoms. The van der Waals surface area contributed by atoms with Crippen molar-refractivity contribution in [3.05, 3.63) is 48.7 Å². The first-order chi connectivity index (χ1) is 11.3. The number of hydrogen-bond acceptors (Lipinski definition) is 5. The highest BCUT2D eigenvalue weighted by Crippen LogP contribution is 2.33. The van der Waals surface area contributed by atoms with E-state index >= 15 is 0 Å². The second-order valence-electron chi connectivity index (χ2n) is 5.14. The molecule has 0 N–H and O–H groups in total. The maximum absolute atomic E-state index is 5.58. The molecule has 0 amide bonds. The molecule has 0 radical (unpaired) electrons. The van der Waals surface area contributed by atoms with Gasteiger partial charge < -0.3 is 14.0 Å². The van der Waals surface area contributed by atoms with Crippen LogP contribution in [0.3, 0.4) is 0 Å². The van der Waals surface area contributed by atoms with E-state index in [0.29, 0.717) is 5.76 Å². The van der Waals surface area contributed by atoms with Crippen molar-refractivity contribution in [1.29, 1.82) is 0 Å². The first kappa shape index (κ1) is 13.6. The Morgan fingerprint density at radius 2 is 1.61 bits per heavy atom. The van der Waals surface area contributed by atoms with Crippen LogP contribution in [0.25, 0.3) is 33.1 Å². The third-order valence-corrected chi connectivity index (χ3v) is 3.87. The Morgan fingerprint density at radius 1 is 0.870 bits per heavy atom. The molecule has 0 aliphatic rings. The minimum Gasteiger partial charge on any atom is -0.497 e.